The fraction of sp³-hybridized carbons (Fsp3) is 0.846. The van der Waals surface area contributed by atoms with Gasteiger partial charge in [0.1, 0.15) is 0 Å². The molecule has 2 N–H and O–H groups in total. The summed E-state index contributed by atoms with van der Waals surface area (Å²) in [5.41, 5.74) is 0. The molecule has 0 saturated carbocycles. The quantitative estimate of drug-likeness (QED) is 0.648. The summed E-state index contributed by atoms with van der Waals surface area (Å²) in [6, 6.07) is 0. The van der Waals surface area contributed by atoms with Crippen molar-refractivity contribution >= 4 is 11.9 Å². The lowest BCUT2D eigenvalue weighted by Crippen LogP contribution is -2.29. The summed E-state index contributed by atoms with van der Waals surface area (Å²) in [6.07, 6.45) is 3.47. The van der Waals surface area contributed by atoms with Crippen molar-refractivity contribution in [3.8, 4) is 0 Å². The lowest BCUT2D eigenvalue weighted by Gasteiger charge is -2.09. The summed E-state index contributed by atoms with van der Waals surface area (Å²) < 4.78 is 0. The normalized spacial score (nSPS) is 10.7. The number of hydrogen-bond acceptors (Lipinski definition) is 2. The van der Waals surface area contributed by atoms with Gasteiger partial charge in [0, 0.05) is 18.9 Å². The van der Waals surface area contributed by atoms with E-state index in [1.807, 2.05) is 13.8 Å². The SMILES string of the molecule is C.C.CCC(C)C(=O)NCCCCCC(=O)O. The average molecular weight is 247 g/mol. The number of carbonyl (C=O) groups is 2. The molecule has 104 valence electrons. The van der Waals surface area contributed by atoms with E-state index in [1.165, 1.54) is 0 Å². The zero-order valence-corrected chi connectivity index (χ0v) is 9.58. The number of amides is 1. The van der Waals surface area contributed by atoms with Crippen molar-refractivity contribution in [2.75, 3.05) is 6.54 Å². The van der Waals surface area contributed by atoms with Gasteiger partial charge >= 0.3 is 5.97 Å². The maximum atomic E-state index is 11.3. The first-order valence-electron chi connectivity index (χ1n) is 5.57. The Morgan fingerprint density at radius 2 is 1.76 bits per heavy atom. The molecule has 0 aromatic heterocycles. The molecule has 1 amide bonds. The molecule has 4 heteroatoms. The van der Waals surface area contributed by atoms with E-state index in [9.17, 15) is 9.59 Å². The van der Waals surface area contributed by atoms with E-state index < -0.39 is 5.97 Å². The number of carbonyl (C=O) groups excluding carboxylic acids is 1. The van der Waals surface area contributed by atoms with E-state index in [2.05, 4.69) is 5.32 Å². The predicted octanol–water partition coefficient (Wildman–Crippen LogP) is 3.07. The molecule has 0 aromatic rings. The minimum absolute atomic E-state index is 0. The summed E-state index contributed by atoms with van der Waals surface area (Å²) in [5.74, 6) is -0.585. The topological polar surface area (TPSA) is 66.4 Å². The Labute approximate surface area is 106 Å². The minimum Gasteiger partial charge on any atom is -0.481 e. The molecule has 1 unspecified atom stereocenters. The summed E-state index contributed by atoms with van der Waals surface area (Å²) in [6.45, 7) is 4.54. The molecule has 0 fully saturated rings. The second-order valence-electron chi connectivity index (χ2n) is 3.80. The van der Waals surface area contributed by atoms with Gasteiger partial charge in [0.15, 0.2) is 0 Å². The second-order valence-corrected chi connectivity index (χ2v) is 3.80. The van der Waals surface area contributed by atoms with Crippen LogP contribution in [0.3, 0.4) is 0 Å². The van der Waals surface area contributed by atoms with Gasteiger partial charge in [-0.15, -0.1) is 0 Å². The molecule has 17 heavy (non-hydrogen) atoms. The fourth-order valence-electron chi connectivity index (χ4n) is 1.15. The monoisotopic (exact) mass is 247 g/mol. The third kappa shape index (κ3) is 12.9. The molecule has 0 aliphatic heterocycles. The van der Waals surface area contributed by atoms with Crippen LogP contribution >= 0.6 is 0 Å². The molecule has 0 heterocycles. The van der Waals surface area contributed by atoms with Crippen molar-refractivity contribution in [2.45, 2.75) is 60.8 Å². The standard InChI is InChI=1S/C11H21NO3.2CH4/c1-3-9(2)11(15)12-8-6-4-5-7-10(13)14;;/h9H,3-8H2,1-2H3,(H,12,15)(H,13,14);2*1H4. The van der Waals surface area contributed by atoms with Crippen molar-refractivity contribution in [3.05, 3.63) is 0 Å². The lowest BCUT2D eigenvalue weighted by atomic mass is 10.1. The predicted molar refractivity (Wildman–Crippen MR) is 72.0 cm³/mol. The fourth-order valence-corrected chi connectivity index (χ4v) is 1.15. The van der Waals surface area contributed by atoms with Crippen LogP contribution in [0.1, 0.15) is 60.8 Å². The first-order chi connectivity index (χ1) is 7.07. The van der Waals surface area contributed by atoms with Gasteiger partial charge in [-0.3, -0.25) is 9.59 Å². The van der Waals surface area contributed by atoms with Crippen molar-refractivity contribution in [2.24, 2.45) is 5.92 Å². The molecule has 0 radical (unpaired) electrons. The third-order valence-electron chi connectivity index (χ3n) is 2.43. The highest BCUT2D eigenvalue weighted by Crippen LogP contribution is 2.01. The molecular weight excluding hydrogens is 218 g/mol. The number of nitrogens with one attached hydrogen (secondary N) is 1. The van der Waals surface area contributed by atoms with Gasteiger partial charge in [0.05, 0.1) is 0 Å². The van der Waals surface area contributed by atoms with Gasteiger partial charge in [0.25, 0.3) is 0 Å². The van der Waals surface area contributed by atoms with Gasteiger partial charge in [0.2, 0.25) is 5.91 Å². The second kappa shape index (κ2) is 13.0. The largest absolute Gasteiger partial charge is 0.481 e. The maximum Gasteiger partial charge on any atom is 0.303 e. The smallest absolute Gasteiger partial charge is 0.303 e. The van der Waals surface area contributed by atoms with E-state index in [1.54, 1.807) is 0 Å². The van der Waals surface area contributed by atoms with Gasteiger partial charge in [-0.25, -0.2) is 0 Å². The summed E-state index contributed by atoms with van der Waals surface area (Å²) >= 11 is 0. The van der Waals surface area contributed by atoms with E-state index in [4.69, 9.17) is 5.11 Å². The van der Waals surface area contributed by atoms with E-state index >= 15 is 0 Å². The van der Waals surface area contributed by atoms with Gasteiger partial charge in [-0.1, -0.05) is 35.1 Å². The third-order valence-corrected chi connectivity index (χ3v) is 2.43. The Morgan fingerprint density at radius 1 is 1.18 bits per heavy atom. The van der Waals surface area contributed by atoms with Crippen LogP contribution in [0.2, 0.25) is 0 Å². The lowest BCUT2D eigenvalue weighted by molar-refractivity contribution is -0.137. The summed E-state index contributed by atoms with van der Waals surface area (Å²) in [4.78, 5) is 21.5. The van der Waals surface area contributed by atoms with Crippen molar-refractivity contribution in [3.63, 3.8) is 0 Å². The number of carboxylic acids is 1. The zero-order valence-electron chi connectivity index (χ0n) is 9.58. The van der Waals surface area contributed by atoms with Crippen LogP contribution in [0, 0.1) is 5.92 Å². The van der Waals surface area contributed by atoms with Crippen LogP contribution in [-0.4, -0.2) is 23.5 Å². The molecule has 4 nitrogen and oxygen atoms in total. The van der Waals surface area contributed by atoms with Crippen molar-refractivity contribution in [1.29, 1.82) is 0 Å². The number of aliphatic carboxylic acids is 1. The van der Waals surface area contributed by atoms with Crippen LogP contribution in [-0.2, 0) is 9.59 Å². The van der Waals surface area contributed by atoms with Crippen LogP contribution in [0.15, 0.2) is 0 Å². The Kier molecular flexibility index (Phi) is 16.3. The highest BCUT2D eigenvalue weighted by atomic mass is 16.4. The molecule has 0 spiro atoms. The molecular formula is C13H29NO3. The number of carboxylic acid groups (broad SMARTS) is 1. The van der Waals surface area contributed by atoms with Crippen molar-refractivity contribution < 1.29 is 14.7 Å². The molecule has 0 rings (SSSR count). The molecule has 0 aliphatic carbocycles. The molecule has 0 aromatic carbocycles. The zero-order chi connectivity index (χ0) is 11.7. The number of unbranched alkanes of at least 4 members (excludes halogenated alkanes) is 2. The summed E-state index contributed by atoms with van der Waals surface area (Å²) in [7, 11) is 0. The van der Waals surface area contributed by atoms with E-state index in [-0.39, 0.29) is 33.1 Å². The average Bonchev–Trinajstić information content (AvgIpc) is 2.21. The molecule has 0 aliphatic rings. The molecule has 0 saturated heterocycles. The van der Waals surface area contributed by atoms with E-state index in [0.717, 1.165) is 19.3 Å². The number of rotatable bonds is 8. The van der Waals surface area contributed by atoms with E-state index in [0.29, 0.717) is 13.0 Å². The summed E-state index contributed by atoms with van der Waals surface area (Å²) in [5, 5.41) is 11.2. The van der Waals surface area contributed by atoms with Crippen LogP contribution in [0.4, 0.5) is 0 Å². The Hall–Kier alpha value is -1.06. The number of hydrogen-bond donors (Lipinski definition) is 2. The van der Waals surface area contributed by atoms with Crippen molar-refractivity contribution in [1.82, 2.24) is 5.32 Å². The highest BCUT2D eigenvalue weighted by Gasteiger charge is 2.08. The van der Waals surface area contributed by atoms with Gasteiger partial charge in [-0.05, 0) is 19.3 Å². The van der Waals surface area contributed by atoms with Crippen LogP contribution in [0.25, 0.3) is 0 Å². The first kappa shape index (κ1) is 21.2. The molecule has 1 atom stereocenters. The molecule has 0 bridgehead atoms. The first-order valence-corrected chi connectivity index (χ1v) is 5.57. The Balaban J connectivity index is -0.000000980. The van der Waals surface area contributed by atoms with Gasteiger partial charge in [-0.2, -0.15) is 0 Å². The minimum atomic E-state index is -0.751. The maximum absolute atomic E-state index is 11.3. The van der Waals surface area contributed by atoms with Gasteiger partial charge < -0.3 is 10.4 Å². The Bertz CT molecular complexity index is 205. The Morgan fingerprint density at radius 3 is 2.24 bits per heavy atom. The van der Waals surface area contributed by atoms with Crippen LogP contribution < -0.4 is 5.32 Å². The van der Waals surface area contributed by atoms with Crippen LogP contribution in [0.5, 0.6) is 0 Å². The highest BCUT2D eigenvalue weighted by molar-refractivity contribution is 5.78.